The quantitative estimate of drug-likeness (QED) is 0.776. The maximum Gasteiger partial charge on any atom is 0.222 e. The molecule has 3 nitrogen and oxygen atoms in total. The number of benzene rings is 2. The van der Waals surface area contributed by atoms with E-state index in [0.29, 0.717) is 13.0 Å². The SMILES string of the molecule is Cc1ccc(CCCCC(=O)N2C[C@@H](N)[C@H](c3ccccc3)C2)cc1.Cl. The average molecular weight is 373 g/mol. The number of unbranched alkanes of at least 4 members (excludes halogenated alkanes) is 1. The lowest BCUT2D eigenvalue weighted by atomic mass is 9.95. The first-order valence-electron chi connectivity index (χ1n) is 9.27. The number of carbonyl (C=O) groups excluding carboxylic acids is 1. The molecular formula is C22H29ClN2O. The molecule has 0 aliphatic carbocycles. The Labute approximate surface area is 163 Å². The number of halogens is 1. The molecule has 0 bridgehead atoms. The maximum absolute atomic E-state index is 12.5. The van der Waals surface area contributed by atoms with Crippen molar-refractivity contribution in [3.63, 3.8) is 0 Å². The van der Waals surface area contributed by atoms with Gasteiger partial charge in [-0.15, -0.1) is 12.4 Å². The fourth-order valence-corrected chi connectivity index (χ4v) is 3.60. The van der Waals surface area contributed by atoms with Gasteiger partial charge in [-0.1, -0.05) is 60.2 Å². The highest BCUT2D eigenvalue weighted by atomic mass is 35.5. The van der Waals surface area contributed by atoms with E-state index in [9.17, 15) is 4.79 Å². The number of nitrogens with zero attached hydrogens (tertiary/aromatic N) is 1. The predicted molar refractivity (Wildman–Crippen MR) is 110 cm³/mol. The third-order valence-electron chi connectivity index (χ3n) is 5.17. The van der Waals surface area contributed by atoms with E-state index in [0.717, 1.165) is 25.8 Å². The standard InChI is InChI=1S/C22H28N2O.ClH/c1-17-11-13-18(14-12-17)7-5-6-10-22(25)24-15-20(21(23)16-24)19-8-3-2-4-9-19;/h2-4,8-9,11-14,20-21H,5-7,10,15-16,23H2,1H3;1H/t20-,21+;/m0./s1. The summed E-state index contributed by atoms with van der Waals surface area (Å²) < 4.78 is 0. The monoisotopic (exact) mass is 372 g/mol. The molecule has 0 unspecified atom stereocenters. The van der Waals surface area contributed by atoms with Crippen LogP contribution in [0.3, 0.4) is 0 Å². The summed E-state index contributed by atoms with van der Waals surface area (Å²) in [7, 11) is 0. The van der Waals surface area contributed by atoms with Gasteiger partial charge < -0.3 is 10.6 Å². The van der Waals surface area contributed by atoms with Crippen molar-refractivity contribution >= 4 is 18.3 Å². The molecule has 3 rings (SSSR count). The summed E-state index contributed by atoms with van der Waals surface area (Å²) in [6.07, 6.45) is 3.66. The van der Waals surface area contributed by atoms with Gasteiger partial charge in [0.15, 0.2) is 0 Å². The van der Waals surface area contributed by atoms with Crippen LogP contribution in [0.5, 0.6) is 0 Å². The number of aryl methyl sites for hydroxylation is 2. The van der Waals surface area contributed by atoms with Gasteiger partial charge in [-0.3, -0.25) is 4.79 Å². The fraction of sp³-hybridized carbons (Fsp3) is 0.409. The van der Waals surface area contributed by atoms with Crippen LogP contribution in [0.15, 0.2) is 54.6 Å². The molecule has 2 N–H and O–H groups in total. The Bertz CT molecular complexity index is 687. The van der Waals surface area contributed by atoms with Crippen molar-refractivity contribution in [3.8, 4) is 0 Å². The molecule has 1 amide bonds. The van der Waals surface area contributed by atoms with Crippen LogP contribution in [0, 0.1) is 6.92 Å². The molecular weight excluding hydrogens is 344 g/mol. The van der Waals surface area contributed by atoms with Gasteiger partial charge in [0.25, 0.3) is 0 Å². The second kappa shape index (κ2) is 9.75. The summed E-state index contributed by atoms with van der Waals surface area (Å²) in [5, 5.41) is 0. The van der Waals surface area contributed by atoms with Crippen LogP contribution in [0.4, 0.5) is 0 Å². The molecule has 1 aliphatic rings. The Kier molecular flexibility index (Phi) is 7.67. The fourth-order valence-electron chi connectivity index (χ4n) is 3.60. The molecule has 1 heterocycles. The van der Waals surface area contributed by atoms with Crippen molar-refractivity contribution in [2.45, 2.75) is 44.6 Å². The van der Waals surface area contributed by atoms with Crippen LogP contribution in [-0.4, -0.2) is 29.9 Å². The van der Waals surface area contributed by atoms with Crippen molar-refractivity contribution < 1.29 is 4.79 Å². The Morgan fingerprint density at radius 1 is 1.04 bits per heavy atom. The van der Waals surface area contributed by atoms with Crippen molar-refractivity contribution in [2.75, 3.05) is 13.1 Å². The van der Waals surface area contributed by atoms with Crippen LogP contribution >= 0.6 is 12.4 Å². The van der Waals surface area contributed by atoms with Gasteiger partial charge in [-0.25, -0.2) is 0 Å². The van der Waals surface area contributed by atoms with Gasteiger partial charge in [0.2, 0.25) is 5.91 Å². The third kappa shape index (κ3) is 5.33. The van der Waals surface area contributed by atoms with Crippen LogP contribution in [0.2, 0.25) is 0 Å². The number of rotatable bonds is 6. The summed E-state index contributed by atoms with van der Waals surface area (Å²) in [5.41, 5.74) is 10.2. The van der Waals surface area contributed by atoms with Crippen LogP contribution in [-0.2, 0) is 11.2 Å². The number of carbonyl (C=O) groups is 1. The Morgan fingerprint density at radius 2 is 1.73 bits per heavy atom. The minimum atomic E-state index is 0. The second-order valence-corrected chi connectivity index (χ2v) is 7.17. The Hall–Kier alpha value is -1.84. The number of hydrogen-bond donors (Lipinski definition) is 1. The topological polar surface area (TPSA) is 46.3 Å². The van der Waals surface area contributed by atoms with Crippen LogP contribution in [0.25, 0.3) is 0 Å². The second-order valence-electron chi connectivity index (χ2n) is 7.17. The first-order valence-corrected chi connectivity index (χ1v) is 9.27. The number of hydrogen-bond acceptors (Lipinski definition) is 2. The third-order valence-corrected chi connectivity index (χ3v) is 5.17. The molecule has 140 valence electrons. The maximum atomic E-state index is 12.5. The van der Waals surface area contributed by atoms with Crippen molar-refractivity contribution in [1.82, 2.24) is 4.90 Å². The van der Waals surface area contributed by atoms with E-state index in [4.69, 9.17) is 5.73 Å². The molecule has 0 aromatic heterocycles. The smallest absolute Gasteiger partial charge is 0.222 e. The van der Waals surface area contributed by atoms with Gasteiger partial charge in [0.1, 0.15) is 0 Å². The van der Waals surface area contributed by atoms with Crippen LogP contribution < -0.4 is 5.73 Å². The average Bonchev–Trinajstić information content (AvgIpc) is 3.03. The lowest BCUT2D eigenvalue weighted by Gasteiger charge is -2.16. The number of nitrogens with two attached hydrogens (primary N) is 1. The molecule has 0 saturated carbocycles. The number of likely N-dealkylation sites (tertiary alicyclic amines) is 1. The molecule has 0 spiro atoms. The normalized spacial score (nSPS) is 19.2. The molecule has 2 aromatic rings. The van der Waals surface area contributed by atoms with Crippen LogP contribution in [0.1, 0.15) is 41.9 Å². The summed E-state index contributed by atoms with van der Waals surface area (Å²) in [6, 6.07) is 19.0. The zero-order valence-corrected chi connectivity index (χ0v) is 16.3. The Morgan fingerprint density at radius 3 is 2.42 bits per heavy atom. The first-order chi connectivity index (χ1) is 12.1. The molecule has 0 radical (unpaired) electrons. The minimum Gasteiger partial charge on any atom is -0.340 e. The zero-order chi connectivity index (χ0) is 17.6. The zero-order valence-electron chi connectivity index (χ0n) is 15.4. The molecule has 4 heteroatoms. The summed E-state index contributed by atoms with van der Waals surface area (Å²) in [4.78, 5) is 14.4. The predicted octanol–water partition coefficient (Wildman–Crippen LogP) is 4.08. The van der Waals surface area contributed by atoms with E-state index in [1.165, 1.54) is 16.7 Å². The van der Waals surface area contributed by atoms with E-state index in [1.54, 1.807) is 0 Å². The lowest BCUT2D eigenvalue weighted by molar-refractivity contribution is -0.130. The van der Waals surface area contributed by atoms with E-state index in [-0.39, 0.29) is 30.3 Å². The van der Waals surface area contributed by atoms with Gasteiger partial charge in [-0.05, 0) is 37.3 Å². The van der Waals surface area contributed by atoms with E-state index in [1.807, 2.05) is 23.1 Å². The highest BCUT2D eigenvalue weighted by Crippen LogP contribution is 2.27. The lowest BCUT2D eigenvalue weighted by Crippen LogP contribution is -2.32. The molecule has 2 atom stereocenters. The van der Waals surface area contributed by atoms with E-state index < -0.39 is 0 Å². The Balaban J connectivity index is 0.00000243. The van der Waals surface area contributed by atoms with Gasteiger partial charge >= 0.3 is 0 Å². The highest BCUT2D eigenvalue weighted by molar-refractivity contribution is 5.85. The van der Waals surface area contributed by atoms with Gasteiger partial charge in [0, 0.05) is 31.5 Å². The van der Waals surface area contributed by atoms with E-state index in [2.05, 4.69) is 43.3 Å². The summed E-state index contributed by atoms with van der Waals surface area (Å²) in [5.74, 6) is 0.510. The summed E-state index contributed by atoms with van der Waals surface area (Å²) >= 11 is 0. The van der Waals surface area contributed by atoms with Gasteiger partial charge in [-0.2, -0.15) is 0 Å². The van der Waals surface area contributed by atoms with Crippen molar-refractivity contribution in [3.05, 3.63) is 71.3 Å². The minimum absolute atomic E-state index is 0. The van der Waals surface area contributed by atoms with E-state index >= 15 is 0 Å². The first kappa shape index (κ1) is 20.5. The largest absolute Gasteiger partial charge is 0.340 e. The molecule has 26 heavy (non-hydrogen) atoms. The van der Waals surface area contributed by atoms with Gasteiger partial charge in [0.05, 0.1) is 0 Å². The van der Waals surface area contributed by atoms with Crippen molar-refractivity contribution in [2.24, 2.45) is 5.73 Å². The molecule has 1 fully saturated rings. The molecule has 1 aliphatic heterocycles. The highest BCUT2D eigenvalue weighted by Gasteiger charge is 2.33. The number of amides is 1. The van der Waals surface area contributed by atoms with Crippen molar-refractivity contribution in [1.29, 1.82) is 0 Å². The molecule has 1 saturated heterocycles. The molecule has 2 aromatic carbocycles. The summed E-state index contributed by atoms with van der Waals surface area (Å²) in [6.45, 7) is 3.53.